The molecule has 0 radical (unpaired) electrons. The number of aliphatic carboxylic acids is 1. The van der Waals surface area contributed by atoms with Crippen molar-refractivity contribution < 1.29 is 32.3 Å². The topological polar surface area (TPSA) is 136 Å². The lowest BCUT2D eigenvalue weighted by Gasteiger charge is -2.07. The van der Waals surface area contributed by atoms with Crippen LogP contribution in [-0.2, 0) is 11.3 Å². The Balaban J connectivity index is 0.000000396. The molecule has 3 rings (SSSR count). The zero-order chi connectivity index (χ0) is 22.5. The Morgan fingerprint density at radius 1 is 1.23 bits per heavy atom. The molecule has 9 nitrogen and oxygen atoms in total. The van der Waals surface area contributed by atoms with Gasteiger partial charge < -0.3 is 25.1 Å². The minimum atomic E-state index is -5.08. The summed E-state index contributed by atoms with van der Waals surface area (Å²) in [7, 11) is 0. The van der Waals surface area contributed by atoms with Gasteiger partial charge in [0.2, 0.25) is 5.89 Å². The molecule has 1 amide bonds. The number of hydrogen-bond donors (Lipinski definition) is 3. The van der Waals surface area contributed by atoms with Crippen LogP contribution in [0.15, 0.2) is 41.3 Å². The highest BCUT2D eigenvalue weighted by Gasteiger charge is 2.38. The Hall–Kier alpha value is -3.67. The number of nitrogens with zero attached hydrogens (tertiary/aromatic N) is 3. The highest BCUT2D eigenvalue weighted by atomic mass is 19.4. The van der Waals surface area contributed by atoms with Crippen molar-refractivity contribution in [3.63, 3.8) is 0 Å². The molecule has 0 aliphatic heterocycles. The number of carbonyl (C=O) groups is 2. The van der Waals surface area contributed by atoms with Crippen LogP contribution in [0.5, 0.6) is 0 Å². The highest BCUT2D eigenvalue weighted by Crippen LogP contribution is 2.17. The van der Waals surface area contributed by atoms with E-state index in [9.17, 15) is 18.0 Å². The van der Waals surface area contributed by atoms with E-state index in [4.69, 9.17) is 20.1 Å². The van der Waals surface area contributed by atoms with Crippen LogP contribution in [-0.4, -0.2) is 37.7 Å². The number of rotatable bonds is 4. The maximum atomic E-state index is 12.1. The molecular formula is C18H18F3N5O4. The molecule has 160 valence electrons. The number of oxazole rings is 1. The molecule has 0 saturated heterocycles. The van der Waals surface area contributed by atoms with E-state index in [1.165, 1.54) is 6.26 Å². The van der Waals surface area contributed by atoms with Crippen LogP contribution in [0.25, 0.3) is 5.69 Å². The zero-order valence-corrected chi connectivity index (χ0v) is 15.9. The number of alkyl halides is 3. The van der Waals surface area contributed by atoms with Gasteiger partial charge in [0.25, 0.3) is 5.91 Å². The van der Waals surface area contributed by atoms with Gasteiger partial charge in [-0.25, -0.2) is 14.8 Å². The molecule has 0 aliphatic carbocycles. The number of halogens is 3. The summed E-state index contributed by atoms with van der Waals surface area (Å²) in [6.45, 7) is 4.14. The summed E-state index contributed by atoms with van der Waals surface area (Å²) in [5, 5.41) is 9.89. The SMILES string of the molecule is Cc1ncn(-c2ccc(NC(=O)c3coc(CN)n3)cc2)c1C.O=C(O)C(F)(F)F. The molecule has 2 heterocycles. The van der Waals surface area contributed by atoms with E-state index in [1.807, 2.05) is 42.7 Å². The van der Waals surface area contributed by atoms with Crippen LogP contribution in [0.1, 0.15) is 27.8 Å². The monoisotopic (exact) mass is 425 g/mol. The van der Waals surface area contributed by atoms with Gasteiger partial charge in [-0.3, -0.25) is 4.79 Å². The first-order valence-corrected chi connectivity index (χ1v) is 8.39. The molecule has 0 fully saturated rings. The zero-order valence-electron chi connectivity index (χ0n) is 15.9. The Morgan fingerprint density at radius 3 is 2.27 bits per heavy atom. The summed E-state index contributed by atoms with van der Waals surface area (Å²) in [4.78, 5) is 29.2. The molecule has 4 N–H and O–H groups in total. The second-order valence-corrected chi connectivity index (χ2v) is 5.92. The molecule has 12 heteroatoms. The predicted octanol–water partition coefficient (Wildman–Crippen LogP) is 2.82. The molecule has 0 aliphatic rings. The number of aryl methyl sites for hydroxylation is 1. The summed E-state index contributed by atoms with van der Waals surface area (Å²) in [6.07, 6.45) is -2.01. The van der Waals surface area contributed by atoms with Crippen LogP contribution in [0, 0.1) is 13.8 Å². The number of nitrogens with one attached hydrogen (secondary N) is 1. The van der Waals surface area contributed by atoms with Gasteiger partial charge >= 0.3 is 12.1 Å². The number of carbonyl (C=O) groups excluding carboxylic acids is 1. The number of amides is 1. The molecule has 0 unspecified atom stereocenters. The van der Waals surface area contributed by atoms with E-state index in [0.29, 0.717) is 11.6 Å². The normalized spacial score (nSPS) is 10.9. The van der Waals surface area contributed by atoms with Crippen LogP contribution >= 0.6 is 0 Å². The van der Waals surface area contributed by atoms with E-state index >= 15 is 0 Å². The third-order valence-corrected chi connectivity index (χ3v) is 3.86. The van der Waals surface area contributed by atoms with Gasteiger partial charge in [-0.05, 0) is 38.1 Å². The average Bonchev–Trinajstić information content (AvgIpc) is 3.30. The second kappa shape index (κ2) is 9.22. The number of carboxylic acids is 1. The number of aromatic nitrogens is 3. The van der Waals surface area contributed by atoms with Crippen molar-refractivity contribution in [2.24, 2.45) is 5.73 Å². The van der Waals surface area contributed by atoms with Crippen LogP contribution < -0.4 is 11.1 Å². The quantitative estimate of drug-likeness (QED) is 0.585. The molecule has 0 bridgehead atoms. The summed E-state index contributed by atoms with van der Waals surface area (Å²) >= 11 is 0. The van der Waals surface area contributed by atoms with Gasteiger partial charge in [0.05, 0.1) is 18.6 Å². The fourth-order valence-corrected chi connectivity index (χ4v) is 2.17. The fraction of sp³-hybridized carbons (Fsp3) is 0.222. The van der Waals surface area contributed by atoms with E-state index < -0.39 is 12.1 Å². The van der Waals surface area contributed by atoms with Gasteiger partial charge in [-0.2, -0.15) is 13.2 Å². The maximum Gasteiger partial charge on any atom is 0.490 e. The molecule has 30 heavy (non-hydrogen) atoms. The van der Waals surface area contributed by atoms with Gasteiger partial charge in [-0.1, -0.05) is 0 Å². The molecule has 0 spiro atoms. The van der Waals surface area contributed by atoms with Gasteiger partial charge in [0, 0.05) is 17.1 Å². The van der Waals surface area contributed by atoms with Crippen molar-refractivity contribution in [3.8, 4) is 5.69 Å². The number of imidazole rings is 1. The number of anilines is 1. The van der Waals surface area contributed by atoms with Crippen molar-refractivity contribution in [3.05, 3.63) is 59.8 Å². The van der Waals surface area contributed by atoms with E-state index in [2.05, 4.69) is 15.3 Å². The van der Waals surface area contributed by atoms with E-state index in [0.717, 1.165) is 17.1 Å². The van der Waals surface area contributed by atoms with Crippen molar-refractivity contribution in [1.82, 2.24) is 14.5 Å². The first-order chi connectivity index (χ1) is 14.0. The third-order valence-electron chi connectivity index (χ3n) is 3.86. The number of benzene rings is 1. The molecule has 0 saturated carbocycles. The molecular weight excluding hydrogens is 407 g/mol. The fourth-order valence-electron chi connectivity index (χ4n) is 2.17. The van der Waals surface area contributed by atoms with Crippen molar-refractivity contribution in [2.45, 2.75) is 26.6 Å². The summed E-state index contributed by atoms with van der Waals surface area (Å²) in [6, 6.07) is 7.48. The lowest BCUT2D eigenvalue weighted by molar-refractivity contribution is -0.192. The molecule has 0 atom stereocenters. The smallest absolute Gasteiger partial charge is 0.475 e. The minimum Gasteiger partial charge on any atom is -0.475 e. The predicted molar refractivity (Wildman–Crippen MR) is 99.1 cm³/mol. The number of nitrogens with two attached hydrogens (primary N) is 1. The maximum absolute atomic E-state index is 12.1. The van der Waals surface area contributed by atoms with E-state index in [-0.39, 0.29) is 18.1 Å². The first-order valence-electron chi connectivity index (χ1n) is 8.39. The molecule has 1 aromatic carbocycles. The Morgan fingerprint density at radius 2 is 1.83 bits per heavy atom. The first kappa shape index (κ1) is 22.6. The van der Waals surface area contributed by atoms with Crippen LogP contribution in [0.4, 0.5) is 18.9 Å². The van der Waals surface area contributed by atoms with Crippen LogP contribution in [0.3, 0.4) is 0 Å². The Kier molecular flexibility index (Phi) is 6.95. The lowest BCUT2D eigenvalue weighted by atomic mass is 10.2. The number of hydrogen-bond acceptors (Lipinski definition) is 6. The average molecular weight is 425 g/mol. The highest BCUT2D eigenvalue weighted by molar-refractivity contribution is 6.02. The third kappa shape index (κ3) is 5.67. The molecule has 3 aromatic rings. The minimum absolute atomic E-state index is 0.158. The standard InChI is InChI=1S/C16H17N5O2.C2HF3O2/c1-10-11(2)21(9-18-10)13-5-3-12(4-6-13)19-16(22)14-8-23-15(7-17)20-14;3-2(4,5)1(6)7/h3-6,8-9H,7,17H2,1-2H3,(H,19,22);(H,6,7). The van der Waals surface area contributed by atoms with Gasteiger partial charge in [-0.15, -0.1) is 0 Å². The Bertz CT molecular complexity index is 1030. The van der Waals surface area contributed by atoms with Crippen molar-refractivity contribution in [1.29, 1.82) is 0 Å². The summed E-state index contributed by atoms with van der Waals surface area (Å²) in [5.41, 5.74) is 9.33. The summed E-state index contributed by atoms with van der Waals surface area (Å²) in [5.74, 6) is -2.76. The van der Waals surface area contributed by atoms with Gasteiger partial charge in [0.1, 0.15) is 6.26 Å². The number of carboxylic acid groups (broad SMARTS) is 1. The molecule has 2 aromatic heterocycles. The van der Waals surface area contributed by atoms with Crippen LogP contribution in [0.2, 0.25) is 0 Å². The second-order valence-electron chi connectivity index (χ2n) is 5.92. The van der Waals surface area contributed by atoms with E-state index in [1.54, 1.807) is 6.33 Å². The lowest BCUT2D eigenvalue weighted by Crippen LogP contribution is -2.21. The van der Waals surface area contributed by atoms with Crippen molar-refractivity contribution >= 4 is 17.6 Å². The largest absolute Gasteiger partial charge is 0.490 e. The van der Waals surface area contributed by atoms with Crippen molar-refractivity contribution in [2.75, 3.05) is 5.32 Å². The summed E-state index contributed by atoms with van der Waals surface area (Å²) < 4.78 is 38.8. The van der Waals surface area contributed by atoms with Gasteiger partial charge in [0.15, 0.2) is 5.69 Å². The Labute approximate surface area is 168 Å².